The summed E-state index contributed by atoms with van der Waals surface area (Å²) in [6, 6.07) is 15.4. The molecule has 2 N–H and O–H groups in total. The van der Waals surface area contributed by atoms with E-state index < -0.39 is 0 Å². The molecule has 1 atom stereocenters. The number of amides is 2. The largest absolute Gasteiger partial charge is 0.423 e. The number of hydrogen-bond donors (Lipinski definition) is 2. The SMILES string of the molecule is O=C(Nc1cccc(-c2nnco2)c1)N[C@H]1CCCc2ccccc21. The van der Waals surface area contributed by atoms with Crippen molar-refractivity contribution in [2.45, 2.75) is 25.3 Å². The third-order valence-corrected chi connectivity index (χ3v) is 4.40. The fourth-order valence-electron chi connectivity index (χ4n) is 3.26. The molecule has 126 valence electrons. The van der Waals surface area contributed by atoms with Crippen LogP contribution >= 0.6 is 0 Å². The van der Waals surface area contributed by atoms with Crippen molar-refractivity contribution >= 4 is 11.7 Å². The van der Waals surface area contributed by atoms with Gasteiger partial charge < -0.3 is 15.1 Å². The van der Waals surface area contributed by atoms with Gasteiger partial charge in [-0.2, -0.15) is 0 Å². The van der Waals surface area contributed by atoms with Crippen molar-refractivity contribution in [3.8, 4) is 11.5 Å². The predicted molar refractivity (Wildman–Crippen MR) is 94.0 cm³/mol. The summed E-state index contributed by atoms with van der Waals surface area (Å²) in [5.74, 6) is 0.422. The predicted octanol–water partition coefficient (Wildman–Crippen LogP) is 3.94. The lowest BCUT2D eigenvalue weighted by Gasteiger charge is -2.26. The van der Waals surface area contributed by atoms with Gasteiger partial charge in [-0.25, -0.2) is 4.79 Å². The summed E-state index contributed by atoms with van der Waals surface area (Å²) in [5, 5.41) is 13.5. The van der Waals surface area contributed by atoms with Crippen LogP contribution in [0.1, 0.15) is 30.0 Å². The second-order valence-corrected chi connectivity index (χ2v) is 6.07. The lowest BCUT2D eigenvalue weighted by Crippen LogP contribution is -2.34. The van der Waals surface area contributed by atoms with Crippen LogP contribution in [0.3, 0.4) is 0 Å². The van der Waals surface area contributed by atoms with Crippen molar-refractivity contribution in [2.24, 2.45) is 0 Å². The highest BCUT2D eigenvalue weighted by Crippen LogP contribution is 2.29. The number of carbonyl (C=O) groups excluding carboxylic acids is 1. The molecule has 2 amide bonds. The number of aryl methyl sites for hydroxylation is 1. The molecule has 0 bridgehead atoms. The van der Waals surface area contributed by atoms with Gasteiger partial charge in [0, 0.05) is 11.3 Å². The third kappa shape index (κ3) is 3.38. The molecule has 0 saturated carbocycles. The minimum absolute atomic E-state index is 0.0454. The standard InChI is InChI=1S/C19H18N4O2/c24-19(22-17-10-4-6-13-5-1-2-9-16(13)17)21-15-8-3-7-14(11-15)18-23-20-12-25-18/h1-3,5,7-9,11-12,17H,4,6,10H2,(H2,21,22,24)/t17-/m0/s1. The van der Waals surface area contributed by atoms with Gasteiger partial charge >= 0.3 is 6.03 Å². The van der Waals surface area contributed by atoms with E-state index in [2.05, 4.69) is 33.0 Å². The number of benzene rings is 2. The maximum absolute atomic E-state index is 12.4. The summed E-state index contributed by atoms with van der Waals surface area (Å²) in [6.07, 6.45) is 4.38. The first-order valence-electron chi connectivity index (χ1n) is 8.31. The number of urea groups is 1. The van der Waals surface area contributed by atoms with Crippen LogP contribution in [-0.2, 0) is 6.42 Å². The molecule has 1 aromatic heterocycles. The Labute approximate surface area is 145 Å². The Kier molecular flexibility index (Phi) is 4.16. The van der Waals surface area contributed by atoms with E-state index in [4.69, 9.17) is 4.42 Å². The molecule has 0 unspecified atom stereocenters. The topological polar surface area (TPSA) is 80.1 Å². The Hall–Kier alpha value is -3.15. The first kappa shape index (κ1) is 15.4. The smallest absolute Gasteiger partial charge is 0.319 e. The second kappa shape index (κ2) is 6.76. The van der Waals surface area contributed by atoms with E-state index >= 15 is 0 Å². The van der Waals surface area contributed by atoms with Gasteiger partial charge in [-0.15, -0.1) is 10.2 Å². The molecular formula is C19H18N4O2. The Morgan fingerprint density at radius 2 is 2.08 bits per heavy atom. The summed E-state index contributed by atoms with van der Waals surface area (Å²) in [4.78, 5) is 12.4. The van der Waals surface area contributed by atoms with Crippen molar-refractivity contribution < 1.29 is 9.21 Å². The fourth-order valence-corrected chi connectivity index (χ4v) is 3.26. The zero-order valence-electron chi connectivity index (χ0n) is 13.6. The molecule has 25 heavy (non-hydrogen) atoms. The molecule has 0 radical (unpaired) electrons. The molecule has 0 spiro atoms. The first-order chi connectivity index (χ1) is 12.3. The summed E-state index contributed by atoms with van der Waals surface area (Å²) < 4.78 is 5.19. The minimum atomic E-state index is -0.218. The van der Waals surface area contributed by atoms with Crippen molar-refractivity contribution in [3.05, 3.63) is 66.1 Å². The zero-order valence-corrected chi connectivity index (χ0v) is 13.6. The quantitative estimate of drug-likeness (QED) is 0.760. The van der Waals surface area contributed by atoms with Crippen molar-refractivity contribution in [3.63, 3.8) is 0 Å². The maximum Gasteiger partial charge on any atom is 0.319 e. The van der Waals surface area contributed by atoms with Crippen LogP contribution in [0, 0.1) is 0 Å². The Balaban J connectivity index is 1.46. The van der Waals surface area contributed by atoms with Gasteiger partial charge in [0.15, 0.2) is 0 Å². The Bertz CT molecular complexity index is 877. The molecule has 4 rings (SSSR count). The highest BCUT2D eigenvalue weighted by atomic mass is 16.4. The summed E-state index contributed by atoms with van der Waals surface area (Å²) in [5.41, 5.74) is 3.97. The van der Waals surface area contributed by atoms with E-state index in [0.29, 0.717) is 11.6 Å². The first-order valence-corrected chi connectivity index (χ1v) is 8.31. The number of nitrogens with one attached hydrogen (secondary N) is 2. The van der Waals surface area contributed by atoms with Crippen LogP contribution in [-0.4, -0.2) is 16.2 Å². The van der Waals surface area contributed by atoms with Gasteiger partial charge in [0.05, 0.1) is 6.04 Å². The monoisotopic (exact) mass is 334 g/mol. The van der Waals surface area contributed by atoms with E-state index in [0.717, 1.165) is 24.8 Å². The van der Waals surface area contributed by atoms with E-state index in [1.165, 1.54) is 17.5 Å². The minimum Gasteiger partial charge on any atom is -0.423 e. The summed E-state index contributed by atoms with van der Waals surface area (Å²) >= 11 is 0. The summed E-state index contributed by atoms with van der Waals surface area (Å²) in [6.45, 7) is 0. The highest BCUT2D eigenvalue weighted by molar-refractivity contribution is 5.90. The molecule has 0 saturated heterocycles. The molecule has 1 aliphatic rings. The van der Waals surface area contributed by atoms with Crippen LogP contribution in [0.15, 0.2) is 59.3 Å². The molecule has 6 heteroatoms. The maximum atomic E-state index is 12.4. The number of hydrogen-bond acceptors (Lipinski definition) is 4. The number of anilines is 1. The van der Waals surface area contributed by atoms with Gasteiger partial charge in [0.25, 0.3) is 0 Å². The zero-order chi connectivity index (χ0) is 17.1. The molecule has 0 aliphatic heterocycles. The van der Waals surface area contributed by atoms with Crippen molar-refractivity contribution in [1.82, 2.24) is 15.5 Å². The second-order valence-electron chi connectivity index (χ2n) is 6.07. The number of rotatable bonds is 3. The third-order valence-electron chi connectivity index (χ3n) is 4.40. The number of aromatic nitrogens is 2. The Morgan fingerprint density at radius 1 is 1.16 bits per heavy atom. The van der Waals surface area contributed by atoms with Crippen LogP contribution in [0.5, 0.6) is 0 Å². The molecule has 1 heterocycles. The van der Waals surface area contributed by atoms with E-state index in [-0.39, 0.29) is 12.1 Å². The van der Waals surface area contributed by atoms with Crippen molar-refractivity contribution in [1.29, 1.82) is 0 Å². The lowest BCUT2D eigenvalue weighted by atomic mass is 9.88. The number of nitrogens with zero attached hydrogens (tertiary/aromatic N) is 2. The van der Waals surface area contributed by atoms with Crippen LogP contribution in [0.25, 0.3) is 11.5 Å². The van der Waals surface area contributed by atoms with Gasteiger partial charge in [-0.05, 0) is 48.6 Å². The van der Waals surface area contributed by atoms with Gasteiger partial charge in [-0.1, -0.05) is 30.3 Å². The van der Waals surface area contributed by atoms with Crippen LogP contribution in [0.2, 0.25) is 0 Å². The molecule has 2 aromatic carbocycles. The number of carbonyl (C=O) groups is 1. The molecule has 0 fully saturated rings. The van der Waals surface area contributed by atoms with Gasteiger partial charge in [0.2, 0.25) is 12.3 Å². The average Bonchev–Trinajstić information content (AvgIpc) is 3.17. The van der Waals surface area contributed by atoms with Crippen LogP contribution < -0.4 is 10.6 Å². The Morgan fingerprint density at radius 3 is 2.96 bits per heavy atom. The molecule has 3 aromatic rings. The average molecular weight is 334 g/mol. The van der Waals surface area contributed by atoms with E-state index in [1.54, 1.807) is 0 Å². The normalized spacial score (nSPS) is 16.1. The van der Waals surface area contributed by atoms with Crippen LogP contribution in [0.4, 0.5) is 10.5 Å². The summed E-state index contributed by atoms with van der Waals surface area (Å²) in [7, 11) is 0. The molecule has 6 nitrogen and oxygen atoms in total. The number of fused-ring (bicyclic) bond motifs is 1. The van der Waals surface area contributed by atoms with Gasteiger partial charge in [0.1, 0.15) is 0 Å². The van der Waals surface area contributed by atoms with Gasteiger partial charge in [-0.3, -0.25) is 0 Å². The highest BCUT2D eigenvalue weighted by Gasteiger charge is 2.21. The van der Waals surface area contributed by atoms with E-state index in [9.17, 15) is 4.79 Å². The van der Waals surface area contributed by atoms with E-state index in [1.807, 2.05) is 36.4 Å². The van der Waals surface area contributed by atoms with Crippen molar-refractivity contribution in [2.75, 3.05) is 5.32 Å². The lowest BCUT2D eigenvalue weighted by molar-refractivity contribution is 0.247. The fraction of sp³-hybridized carbons (Fsp3) is 0.211. The molecule has 1 aliphatic carbocycles. The molecular weight excluding hydrogens is 316 g/mol.